The molecule has 0 atom stereocenters. The number of benzene rings is 1. The lowest BCUT2D eigenvalue weighted by Crippen LogP contribution is -2.51. The molecule has 1 aromatic carbocycles. The molecule has 0 saturated carbocycles. The molecule has 2 fully saturated rings. The highest BCUT2D eigenvalue weighted by Gasteiger charge is 2.40. The maximum atomic E-state index is 12.5. The molecule has 1 spiro atoms. The number of nitrogens with zero attached hydrogens (tertiary/aromatic N) is 2. The fourth-order valence-corrected chi connectivity index (χ4v) is 3.98. The van der Waals surface area contributed by atoms with Gasteiger partial charge in [0.2, 0.25) is 5.91 Å². The summed E-state index contributed by atoms with van der Waals surface area (Å²) < 4.78 is 0. The van der Waals surface area contributed by atoms with Crippen LogP contribution in [0.25, 0.3) is 0 Å². The fraction of sp³-hybridized carbons (Fsp3) is 0.600. The molecule has 2 aliphatic heterocycles. The Bertz CT molecular complexity index is 631. The van der Waals surface area contributed by atoms with Crippen LogP contribution >= 0.6 is 0 Å². The Morgan fingerprint density at radius 2 is 1.76 bits per heavy atom. The lowest BCUT2D eigenvalue weighted by Gasteiger charge is -2.46. The minimum absolute atomic E-state index is 0.0209. The second-order valence-corrected chi connectivity index (χ2v) is 7.94. The highest BCUT2D eigenvalue weighted by atomic mass is 16.2. The largest absolute Gasteiger partial charge is 0.345 e. The van der Waals surface area contributed by atoms with E-state index in [0.29, 0.717) is 12.3 Å². The molecular formula is C20H29N3O2. The molecule has 25 heavy (non-hydrogen) atoms. The van der Waals surface area contributed by atoms with Crippen molar-refractivity contribution in [3.05, 3.63) is 29.8 Å². The molecule has 0 aromatic heterocycles. The summed E-state index contributed by atoms with van der Waals surface area (Å²) in [6, 6.07) is 8.06. The van der Waals surface area contributed by atoms with E-state index in [2.05, 4.69) is 31.3 Å². The standard InChI is InChI=1S/C20H29N3O2/c1-15(2)16-4-6-17(7-5-16)21-19(25)23-12-10-20(11-13-23)9-8-18(24)22(3)14-20/h4-7,15H,8-14H2,1-3H3,(H,21,25). The van der Waals surface area contributed by atoms with Gasteiger partial charge in [-0.2, -0.15) is 0 Å². The van der Waals surface area contributed by atoms with E-state index < -0.39 is 0 Å². The summed E-state index contributed by atoms with van der Waals surface area (Å²) in [4.78, 5) is 28.0. The lowest BCUT2D eigenvalue weighted by molar-refractivity contribution is -0.137. The third kappa shape index (κ3) is 3.97. The van der Waals surface area contributed by atoms with Gasteiger partial charge in [-0.1, -0.05) is 26.0 Å². The lowest BCUT2D eigenvalue weighted by atomic mass is 9.72. The number of carbonyl (C=O) groups excluding carboxylic acids is 2. The van der Waals surface area contributed by atoms with Crippen molar-refractivity contribution in [2.75, 3.05) is 32.0 Å². The zero-order chi connectivity index (χ0) is 18.0. The van der Waals surface area contributed by atoms with Crippen LogP contribution in [0.15, 0.2) is 24.3 Å². The zero-order valence-corrected chi connectivity index (χ0v) is 15.5. The minimum atomic E-state index is -0.0209. The number of piperidine rings is 2. The molecule has 136 valence electrons. The minimum Gasteiger partial charge on any atom is -0.345 e. The first kappa shape index (κ1) is 17.8. The summed E-state index contributed by atoms with van der Waals surface area (Å²) in [7, 11) is 1.89. The number of likely N-dealkylation sites (tertiary alicyclic amines) is 2. The Morgan fingerprint density at radius 1 is 1.12 bits per heavy atom. The zero-order valence-electron chi connectivity index (χ0n) is 15.5. The van der Waals surface area contributed by atoms with Gasteiger partial charge in [-0.15, -0.1) is 0 Å². The van der Waals surface area contributed by atoms with Crippen molar-refractivity contribution < 1.29 is 9.59 Å². The Labute approximate surface area is 150 Å². The van der Waals surface area contributed by atoms with Gasteiger partial charge >= 0.3 is 6.03 Å². The number of rotatable bonds is 2. The maximum Gasteiger partial charge on any atom is 0.321 e. The van der Waals surface area contributed by atoms with E-state index in [-0.39, 0.29) is 17.4 Å². The molecule has 1 N–H and O–H groups in total. The second kappa shape index (κ2) is 7.06. The van der Waals surface area contributed by atoms with Gasteiger partial charge < -0.3 is 15.1 Å². The van der Waals surface area contributed by atoms with Gasteiger partial charge in [-0.05, 0) is 48.3 Å². The highest BCUT2D eigenvalue weighted by Crippen LogP contribution is 2.39. The van der Waals surface area contributed by atoms with E-state index >= 15 is 0 Å². The number of urea groups is 1. The van der Waals surface area contributed by atoms with Gasteiger partial charge in [0.05, 0.1) is 0 Å². The molecule has 5 heteroatoms. The molecule has 2 aliphatic rings. The first-order chi connectivity index (χ1) is 11.9. The van der Waals surface area contributed by atoms with Crippen LogP contribution in [0.3, 0.4) is 0 Å². The van der Waals surface area contributed by atoms with Crippen molar-refractivity contribution in [2.45, 2.75) is 45.4 Å². The number of nitrogens with one attached hydrogen (secondary N) is 1. The monoisotopic (exact) mass is 343 g/mol. The molecule has 2 heterocycles. The van der Waals surface area contributed by atoms with Gasteiger partial charge in [-0.3, -0.25) is 4.79 Å². The number of carbonyl (C=O) groups is 2. The quantitative estimate of drug-likeness (QED) is 0.890. The van der Waals surface area contributed by atoms with Crippen LogP contribution in [0.4, 0.5) is 10.5 Å². The molecule has 0 aliphatic carbocycles. The number of hydrogen-bond acceptors (Lipinski definition) is 2. The predicted molar refractivity (Wildman–Crippen MR) is 99.7 cm³/mol. The molecule has 0 unspecified atom stereocenters. The van der Waals surface area contributed by atoms with Gasteiger partial charge in [0.15, 0.2) is 0 Å². The van der Waals surface area contributed by atoms with Crippen LogP contribution in [0, 0.1) is 5.41 Å². The molecule has 5 nitrogen and oxygen atoms in total. The van der Waals surface area contributed by atoms with Crippen molar-refractivity contribution in [2.24, 2.45) is 5.41 Å². The maximum absolute atomic E-state index is 12.5. The third-order valence-electron chi connectivity index (χ3n) is 5.81. The summed E-state index contributed by atoms with van der Waals surface area (Å²) in [6.45, 7) is 6.68. The van der Waals surface area contributed by atoms with E-state index in [0.717, 1.165) is 44.6 Å². The Morgan fingerprint density at radius 3 is 2.32 bits per heavy atom. The summed E-state index contributed by atoms with van der Waals surface area (Å²) in [5, 5.41) is 3.01. The summed E-state index contributed by atoms with van der Waals surface area (Å²) in [5.41, 5.74) is 2.32. The average Bonchev–Trinajstić information content (AvgIpc) is 2.60. The highest BCUT2D eigenvalue weighted by molar-refractivity contribution is 5.89. The molecule has 0 bridgehead atoms. The topological polar surface area (TPSA) is 52.7 Å². The van der Waals surface area contributed by atoms with E-state index in [1.807, 2.05) is 29.0 Å². The Hall–Kier alpha value is -2.04. The SMILES string of the molecule is CC(C)c1ccc(NC(=O)N2CCC3(CCC(=O)N(C)C3)CC2)cc1. The van der Waals surface area contributed by atoms with E-state index in [1.165, 1.54) is 5.56 Å². The van der Waals surface area contributed by atoms with Crippen molar-refractivity contribution in [1.82, 2.24) is 9.80 Å². The van der Waals surface area contributed by atoms with Gasteiger partial charge in [0.25, 0.3) is 0 Å². The van der Waals surface area contributed by atoms with Crippen molar-refractivity contribution >= 4 is 17.6 Å². The third-order valence-corrected chi connectivity index (χ3v) is 5.81. The van der Waals surface area contributed by atoms with E-state index in [9.17, 15) is 9.59 Å². The number of amides is 3. The van der Waals surface area contributed by atoms with Crippen LogP contribution in [0.1, 0.15) is 51.0 Å². The molecule has 2 saturated heterocycles. The second-order valence-electron chi connectivity index (χ2n) is 7.94. The first-order valence-corrected chi connectivity index (χ1v) is 9.28. The van der Waals surface area contributed by atoms with Crippen molar-refractivity contribution in [3.63, 3.8) is 0 Å². The molecule has 3 amide bonds. The first-order valence-electron chi connectivity index (χ1n) is 9.28. The summed E-state index contributed by atoms with van der Waals surface area (Å²) in [6.07, 6.45) is 3.56. The Kier molecular flexibility index (Phi) is 5.02. The van der Waals surface area contributed by atoms with E-state index in [4.69, 9.17) is 0 Å². The number of hydrogen-bond donors (Lipinski definition) is 1. The van der Waals surface area contributed by atoms with Crippen LogP contribution in [0.2, 0.25) is 0 Å². The van der Waals surface area contributed by atoms with Crippen LogP contribution < -0.4 is 5.32 Å². The fourth-order valence-electron chi connectivity index (χ4n) is 3.98. The van der Waals surface area contributed by atoms with Gasteiger partial charge in [0.1, 0.15) is 0 Å². The summed E-state index contributed by atoms with van der Waals surface area (Å²) in [5.74, 6) is 0.735. The van der Waals surface area contributed by atoms with Crippen LogP contribution in [-0.4, -0.2) is 48.4 Å². The van der Waals surface area contributed by atoms with Crippen LogP contribution in [-0.2, 0) is 4.79 Å². The molecular weight excluding hydrogens is 314 g/mol. The van der Waals surface area contributed by atoms with Gasteiger partial charge in [0, 0.05) is 38.8 Å². The Balaban J connectivity index is 1.54. The van der Waals surface area contributed by atoms with Crippen LogP contribution in [0.5, 0.6) is 0 Å². The summed E-state index contributed by atoms with van der Waals surface area (Å²) >= 11 is 0. The van der Waals surface area contributed by atoms with Crippen molar-refractivity contribution in [1.29, 1.82) is 0 Å². The molecule has 0 radical (unpaired) electrons. The van der Waals surface area contributed by atoms with Crippen molar-refractivity contribution in [3.8, 4) is 0 Å². The van der Waals surface area contributed by atoms with E-state index in [1.54, 1.807) is 0 Å². The smallest absolute Gasteiger partial charge is 0.321 e. The predicted octanol–water partition coefficient (Wildman–Crippen LogP) is 3.68. The van der Waals surface area contributed by atoms with Gasteiger partial charge in [-0.25, -0.2) is 4.79 Å². The average molecular weight is 343 g/mol. The number of anilines is 1. The molecule has 1 aromatic rings. The normalized spacial score (nSPS) is 20.2. The molecule has 3 rings (SSSR count).